The van der Waals surface area contributed by atoms with E-state index >= 15 is 0 Å². The molecule has 2 saturated carbocycles. The molecule has 1 aromatic rings. The van der Waals surface area contributed by atoms with Gasteiger partial charge in [0, 0.05) is 30.6 Å². The topological polar surface area (TPSA) is 85.1 Å². The van der Waals surface area contributed by atoms with Gasteiger partial charge in [-0.15, -0.1) is 0 Å². The van der Waals surface area contributed by atoms with Gasteiger partial charge in [-0.2, -0.15) is 13.2 Å². The minimum Gasteiger partial charge on any atom is -0.364 e. The quantitative estimate of drug-likeness (QED) is 0.684. The summed E-state index contributed by atoms with van der Waals surface area (Å²) in [5.74, 6) is -7.42. The molecule has 0 radical (unpaired) electrons. The Morgan fingerprint density at radius 3 is 2.40 bits per heavy atom. The molecule has 166 valence electrons. The number of primary amides is 1. The van der Waals surface area contributed by atoms with Gasteiger partial charge in [-0.25, -0.2) is 8.78 Å². The summed E-state index contributed by atoms with van der Waals surface area (Å²) in [4.78, 5) is 27.9. The number of pyridine rings is 1. The zero-order valence-corrected chi connectivity index (χ0v) is 16.2. The second-order valence-electron chi connectivity index (χ2n) is 8.31. The van der Waals surface area contributed by atoms with Crippen LogP contribution >= 0.6 is 0 Å². The van der Waals surface area contributed by atoms with Crippen LogP contribution in [0.15, 0.2) is 18.3 Å². The Morgan fingerprint density at radius 1 is 1.13 bits per heavy atom. The van der Waals surface area contributed by atoms with E-state index in [0.717, 1.165) is 0 Å². The lowest BCUT2D eigenvalue weighted by Crippen LogP contribution is -2.43. The third kappa shape index (κ3) is 5.26. The molecule has 2 fully saturated rings. The molecule has 5 nitrogen and oxygen atoms in total. The van der Waals surface area contributed by atoms with Gasteiger partial charge < -0.3 is 11.1 Å². The molecule has 10 heteroatoms. The highest BCUT2D eigenvalue weighted by Crippen LogP contribution is 2.49. The molecule has 0 aliphatic heterocycles. The Hall–Kier alpha value is -2.26. The van der Waals surface area contributed by atoms with Crippen LogP contribution < -0.4 is 11.1 Å². The number of hydrogen-bond acceptors (Lipinski definition) is 3. The summed E-state index contributed by atoms with van der Waals surface area (Å²) in [5.41, 5.74) is 5.29. The second kappa shape index (κ2) is 8.47. The highest BCUT2D eigenvalue weighted by molar-refractivity contribution is 5.95. The van der Waals surface area contributed by atoms with E-state index in [4.69, 9.17) is 5.73 Å². The number of nitrogens with two attached hydrogens (primary N) is 1. The van der Waals surface area contributed by atoms with Crippen LogP contribution in [0.3, 0.4) is 0 Å². The van der Waals surface area contributed by atoms with Crippen LogP contribution in [-0.4, -0.2) is 28.9 Å². The number of nitrogens with one attached hydrogen (secondary N) is 1. The van der Waals surface area contributed by atoms with Gasteiger partial charge in [0.15, 0.2) is 0 Å². The molecule has 3 rings (SSSR count). The Kier molecular flexibility index (Phi) is 6.33. The van der Waals surface area contributed by atoms with Crippen LogP contribution in [0.25, 0.3) is 0 Å². The molecule has 0 saturated heterocycles. The van der Waals surface area contributed by atoms with Crippen molar-refractivity contribution in [2.75, 3.05) is 5.32 Å². The van der Waals surface area contributed by atoms with Crippen LogP contribution in [0, 0.1) is 23.7 Å². The first kappa shape index (κ1) is 22.4. The molecule has 2 aliphatic carbocycles. The van der Waals surface area contributed by atoms with E-state index in [0.29, 0.717) is 0 Å². The van der Waals surface area contributed by atoms with E-state index in [2.05, 4.69) is 10.3 Å². The molecular weight excluding hydrogens is 409 g/mol. The molecule has 2 atom stereocenters. The van der Waals surface area contributed by atoms with Crippen LogP contribution in [0.2, 0.25) is 0 Å². The lowest BCUT2D eigenvalue weighted by Gasteiger charge is -2.42. The number of halogens is 5. The van der Waals surface area contributed by atoms with Gasteiger partial charge in [0.25, 0.3) is 5.91 Å². The SMILES string of the molecule is NC(=O)c1cc(NC(=O)C2CC(F)(F)CCC2C2CCC(C(F)(F)F)CC2)ccn1. The van der Waals surface area contributed by atoms with Crippen LogP contribution in [0.4, 0.5) is 27.6 Å². The van der Waals surface area contributed by atoms with Gasteiger partial charge in [0.1, 0.15) is 5.69 Å². The van der Waals surface area contributed by atoms with E-state index in [-0.39, 0.29) is 55.8 Å². The molecule has 0 spiro atoms. The van der Waals surface area contributed by atoms with Crippen LogP contribution in [-0.2, 0) is 4.79 Å². The fourth-order valence-electron chi connectivity index (χ4n) is 4.76. The Balaban J connectivity index is 1.73. The number of alkyl halides is 5. The maximum absolute atomic E-state index is 14.1. The largest absolute Gasteiger partial charge is 0.391 e. The predicted molar refractivity (Wildman–Crippen MR) is 98.7 cm³/mol. The monoisotopic (exact) mass is 433 g/mol. The summed E-state index contributed by atoms with van der Waals surface area (Å²) < 4.78 is 67.0. The molecular formula is C20H24F5N3O2. The summed E-state index contributed by atoms with van der Waals surface area (Å²) in [5, 5.41) is 2.55. The summed E-state index contributed by atoms with van der Waals surface area (Å²) in [6.07, 6.45) is -3.45. The summed E-state index contributed by atoms with van der Waals surface area (Å²) in [6.45, 7) is 0. The number of carbonyl (C=O) groups excluding carboxylic acids is 2. The van der Waals surface area contributed by atoms with E-state index < -0.39 is 48.1 Å². The van der Waals surface area contributed by atoms with E-state index in [1.54, 1.807) is 0 Å². The van der Waals surface area contributed by atoms with Gasteiger partial charge in [-0.1, -0.05) is 0 Å². The van der Waals surface area contributed by atoms with Crippen molar-refractivity contribution < 1.29 is 31.5 Å². The minimum absolute atomic E-state index is 0.0400. The smallest absolute Gasteiger partial charge is 0.364 e. The first-order chi connectivity index (χ1) is 14.0. The van der Waals surface area contributed by atoms with E-state index in [9.17, 15) is 31.5 Å². The minimum atomic E-state index is -4.25. The third-order valence-corrected chi connectivity index (χ3v) is 6.34. The molecule has 2 unspecified atom stereocenters. The van der Waals surface area contributed by atoms with E-state index in [1.807, 2.05) is 0 Å². The molecule has 30 heavy (non-hydrogen) atoms. The summed E-state index contributed by atoms with van der Waals surface area (Å²) in [7, 11) is 0. The molecule has 1 heterocycles. The average Bonchev–Trinajstić information content (AvgIpc) is 2.67. The molecule has 1 aromatic heterocycles. The highest BCUT2D eigenvalue weighted by atomic mass is 19.4. The highest BCUT2D eigenvalue weighted by Gasteiger charge is 2.49. The number of carbonyl (C=O) groups is 2. The number of aromatic nitrogens is 1. The van der Waals surface area contributed by atoms with Crippen molar-refractivity contribution in [3.8, 4) is 0 Å². The standard InChI is InChI=1S/C20H24F5N3O2/c21-19(22)7-5-14(11-1-3-12(4-2-11)20(23,24)25)15(10-19)18(30)28-13-6-8-27-16(9-13)17(26)29/h6,8-9,11-12,14-15H,1-5,7,10H2,(H2,26,29)(H,27,28,30). The first-order valence-corrected chi connectivity index (χ1v) is 9.97. The Labute approximate surface area is 170 Å². The molecule has 0 aromatic carbocycles. The number of hydrogen-bond donors (Lipinski definition) is 2. The summed E-state index contributed by atoms with van der Waals surface area (Å²) >= 11 is 0. The summed E-state index contributed by atoms with van der Waals surface area (Å²) in [6, 6.07) is 2.67. The average molecular weight is 433 g/mol. The van der Waals surface area contributed by atoms with Crippen molar-refractivity contribution in [2.24, 2.45) is 29.4 Å². The maximum atomic E-state index is 14.1. The lowest BCUT2D eigenvalue weighted by molar-refractivity contribution is -0.186. The van der Waals surface area contributed by atoms with Crippen molar-refractivity contribution in [3.05, 3.63) is 24.0 Å². The van der Waals surface area contributed by atoms with Crippen LogP contribution in [0.5, 0.6) is 0 Å². The second-order valence-corrected chi connectivity index (χ2v) is 8.31. The fourth-order valence-corrected chi connectivity index (χ4v) is 4.76. The Morgan fingerprint density at radius 2 is 1.80 bits per heavy atom. The Bertz CT molecular complexity index is 791. The van der Waals surface area contributed by atoms with Crippen LogP contribution in [0.1, 0.15) is 55.4 Å². The van der Waals surface area contributed by atoms with Gasteiger partial charge in [-0.3, -0.25) is 14.6 Å². The number of amides is 2. The zero-order chi connectivity index (χ0) is 22.1. The van der Waals surface area contributed by atoms with Crippen molar-refractivity contribution in [1.29, 1.82) is 0 Å². The van der Waals surface area contributed by atoms with Crippen molar-refractivity contribution in [1.82, 2.24) is 4.98 Å². The van der Waals surface area contributed by atoms with Crippen molar-refractivity contribution >= 4 is 17.5 Å². The normalized spacial score (nSPS) is 29.2. The molecule has 2 amide bonds. The maximum Gasteiger partial charge on any atom is 0.391 e. The third-order valence-electron chi connectivity index (χ3n) is 6.34. The molecule has 3 N–H and O–H groups in total. The zero-order valence-electron chi connectivity index (χ0n) is 16.2. The van der Waals surface area contributed by atoms with E-state index in [1.165, 1.54) is 18.3 Å². The van der Waals surface area contributed by atoms with Crippen molar-refractivity contribution in [2.45, 2.75) is 57.0 Å². The van der Waals surface area contributed by atoms with Gasteiger partial charge in [0.2, 0.25) is 11.8 Å². The molecule has 2 aliphatic rings. The van der Waals surface area contributed by atoms with Gasteiger partial charge >= 0.3 is 6.18 Å². The number of anilines is 1. The van der Waals surface area contributed by atoms with Gasteiger partial charge in [-0.05, 0) is 56.1 Å². The number of rotatable bonds is 4. The van der Waals surface area contributed by atoms with Gasteiger partial charge in [0.05, 0.1) is 5.92 Å². The predicted octanol–water partition coefficient (Wildman–Crippen LogP) is 4.54. The first-order valence-electron chi connectivity index (χ1n) is 9.97. The lowest BCUT2D eigenvalue weighted by atomic mass is 9.65. The fraction of sp³-hybridized carbons (Fsp3) is 0.650. The van der Waals surface area contributed by atoms with Crippen molar-refractivity contribution in [3.63, 3.8) is 0 Å². The molecule has 0 bridgehead atoms. The number of nitrogens with zero attached hydrogens (tertiary/aromatic N) is 1.